The Morgan fingerprint density at radius 3 is 3.06 bits per heavy atom. The molecule has 1 aliphatic heterocycles. The van der Waals surface area contributed by atoms with Crippen molar-refractivity contribution < 1.29 is 19.1 Å². The Morgan fingerprint density at radius 1 is 1.44 bits per heavy atom. The summed E-state index contributed by atoms with van der Waals surface area (Å²) in [4.78, 5) is 22.0. The Bertz CT molecular complexity index is 470. The van der Waals surface area contributed by atoms with Gasteiger partial charge >= 0.3 is 11.9 Å². The first-order chi connectivity index (χ1) is 8.70. The SMILES string of the molecule is COC(=O)C(=O)NCCc1ccc2c(c1)CCO2. The zero-order chi connectivity index (χ0) is 13.0. The van der Waals surface area contributed by atoms with E-state index in [4.69, 9.17) is 4.74 Å². The van der Waals surface area contributed by atoms with Gasteiger partial charge in [-0.1, -0.05) is 12.1 Å². The van der Waals surface area contributed by atoms with Crippen molar-refractivity contribution in [2.75, 3.05) is 20.3 Å². The van der Waals surface area contributed by atoms with Gasteiger partial charge in [0.2, 0.25) is 0 Å². The van der Waals surface area contributed by atoms with Crippen LogP contribution in [0.3, 0.4) is 0 Å². The molecule has 1 aromatic rings. The summed E-state index contributed by atoms with van der Waals surface area (Å²) in [5, 5.41) is 2.50. The maximum Gasteiger partial charge on any atom is 0.396 e. The topological polar surface area (TPSA) is 64.6 Å². The van der Waals surface area contributed by atoms with E-state index in [0.717, 1.165) is 24.3 Å². The highest BCUT2D eigenvalue weighted by Gasteiger charge is 2.14. The van der Waals surface area contributed by atoms with Gasteiger partial charge < -0.3 is 14.8 Å². The third kappa shape index (κ3) is 2.80. The van der Waals surface area contributed by atoms with Gasteiger partial charge in [-0.15, -0.1) is 0 Å². The van der Waals surface area contributed by atoms with Crippen LogP contribution in [0.5, 0.6) is 5.75 Å². The molecule has 1 aliphatic rings. The van der Waals surface area contributed by atoms with Crippen LogP contribution in [0.2, 0.25) is 0 Å². The number of benzene rings is 1. The predicted molar refractivity (Wildman–Crippen MR) is 64.4 cm³/mol. The van der Waals surface area contributed by atoms with Crippen molar-refractivity contribution in [1.82, 2.24) is 5.32 Å². The summed E-state index contributed by atoms with van der Waals surface area (Å²) in [5.41, 5.74) is 2.32. The molecule has 18 heavy (non-hydrogen) atoms. The van der Waals surface area contributed by atoms with Crippen LogP contribution in [-0.4, -0.2) is 32.1 Å². The summed E-state index contributed by atoms with van der Waals surface area (Å²) in [6.07, 6.45) is 1.60. The molecule has 0 saturated heterocycles. The Balaban J connectivity index is 1.84. The molecule has 0 bridgehead atoms. The van der Waals surface area contributed by atoms with E-state index in [-0.39, 0.29) is 0 Å². The molecule has 0 saturated carbocycles. The summed E-state index contributed by atoms with van der Waals surface area (Å²) in [7, 11) is 1.18. The molecule has 1 N–H and O–H groups in total. The van der Waals surface area contributed by atoms with Gasteiger partial charge in [0.15, 0.2) is 0 Å². The van der Waals surface area contributed by atoms with Gasteiger partial charge in [0.1, 0.15) is 5.75 Å². The molecule has 0 radical (unpaired) electrons. The summed E-state index contributed by atoms with van der Waals surface area (Å²) < 4.78 is 9.72. The normalized spacial score (nSPS) is 12.5. The van der Waals surface area contributed by atoms with Gasteiger partial charge in [-0.2, -0.15) is 0 Å². The van der Waals surface area contributed by atoms with Gasteiger partial charge in [0.05, 0.1) is 13.7 Å². The number of fused-ring (bicyclic) bond motifs is 1. The monoisotopic (exact) mass is 249 g/mol. The molecule has 0 atom stereocenters. The number of esters is 1. The van der Waals surface area contributed by atoms with Gasteiger partial charge in [-0.3, -0.25) is 4.79 Å². The van der Waals surface area contributed by atoms with Crippen molar-refractivity contribution in [3.05, 3.63) is 29.3 Å². The molecule has 0 aliphatic carbocycles. The third-order valence-electron chi connectivity index (χ3n) is 2.82. The van der Waals surface area contributed by atoms with E-state index < -0.39 is 11.9 Å². The number of carbonyl (C=O) groups excluding carboxylic acids is 2. The zero-order valence-corrected chi connectivity index (χ0v) is 10.2. The van der Waals surface area contributed by atoms with Crippen LogP contribution in [0.4, 0.5) is 0 Å². The van der Waals surface area contributed by atoms with Crippen molar-refractivity contribution in [3.63, 3.8) is 0 Å². The summed E-state index contributed by atoms with van der Waals surface area (Å²) in [5.74, 6) is -0.628. The first kappa shape index (κ1) is 12.4. The van der Waals surface area contributed by atoms with Crippen LogP contribution in [-0.2, 0) is 27.2 Å². The zero-order valence-electron chi connectivity index (χ0n) is 10.2. The number of hydrogen-bond donors (Lipinski definition) is 1. The number of carbonyl (C=O) groups is 2. The highest BCUT2D eigenvalue weighted by atomic mass is 16.5. The quantitative estimate of drug-likeness (QED) is 0.624. The maximum absolute atomic E-state index is 11.1. The average molecular weight is 249 g/mol. The molecule has 1 aromatic carbocycles. The minimum absolute atomic E-state index is 0.410. The minimum Gasteiger partial charge on any atom is -0.493 e. The molecule has 96 valence electrons. The average Bonchev–Trinajstić information content (AvgIpc) is 2.85. The smallest absolute Gasteiger partial charge is 0.396 e. The molecule has 1 amide bonds. The number of ether oxygens (including phenoxy) is 2. The molecule has 0 fully saturated rings. The third-order valence-corrected chi connectivity index (χ3v) is 2.82. The van der Waals surface area contributed by atoms with Crippen LogP contribution in [0.15, 0.2) is 18.2 Å². The van der Waals surface area contributed by atoms with Crippen molar-refractivity contribution in [2.45, 2.75) is 12.8 Å². The molecule has 2 rings (SSSR count). The lowest BCUT2D eigenvalue weighted by molar-refractivity contribution is -0.152. The van der Waals surface area contributed by atoms with E-state index in [2.05, 4.69) is 16.1 Å². The van der Waals surface area contributed by atoms with Crippen molar-refractivity contribution >= 4 is 11.9 Å². The Labute approximate surface area is 105 Å². The van der Waals surface area contributed by atoms with E-state index in [1.54, 1.807) is 0 Å². The Hall–Kier alpha value is -2.04. The number of methoxy groups -OCH3 is 1. The number of rotatable bonds is 3. The molecule has 0 spiro atoms. The van der Waals surface area contributed by atoms with Crippen LogP contribution in [0.25, 0.3) is 0 Å². The van der Waals surface area contributed by atoms with Gasteiger partial charge in [0, 0.05) is 13.0 Å². The fourth-order valence-corrected chi connectivity index (χ4v) is 1.88. The Morgan fingerprint density at radius 2 is 2.28 bits per heavy atom. The first-order valence-electron chi connectivity index (χ1n) is 5.81. The minimum atomic E-state index is -0.864. The van der Waals surface area contributed by atoms with Gasteiger partial charge in [-0.25, -0.2) is 4.79 Å². The molecule has 0 aromatic heterocycles. The largest absolute Gasteiger partial charge is 0.493 e. The Kier molecular flexibility index (Phi) is 3.82. The number of amides is 1. The van der Waals surface area contributed by atoms with Crippen molar-refractivity contribution in [1.29, 1.82) is 0 Å². The van der Waals surface area contributed by atoms with E-state index in [1.807, 2.05) is 12.1 Å². The second kappa shape index (κ2) is 5.53. The van der Waals surface area contributed by atoms with Crippen LogP contribution < -0.4 is 10.1 Å². The highest BCUT2D eigenvalue weighted by Crippen LogP contribution is 2.25. The lowest BCUT2D eigenvalue weighted by Crippen LogP contribution is -2.33. The van der Waals surface area contributed by atoms with E-state index in [1.165, 1.54) is 12.7 Å². The molecular weight excluding hydrogens is 234 g/mol. The molecular formula is C13H15NO4. The molecule has 1 heterocycles. The van der Waals surface area contributed by atoms with E-state index >= 15 is 0 Å². The summed E-state index contributed by atoms with van der Waals surface area (Å²) in [6, 6.07) is 5.99. The highest BCUT2D eigenvalue weighted by molar-refractivity contribution is 6.32. The standard InChI is InChI=1S/C13H15NO4/c1-17-13(16)12(15)14-6-4-9-2-3-11-10(8-9)5-7-18-11/h2-3,8H,4-7H2,1H3,(H,14,15). The van der Waals surface area contributed by atoms with Crippen molar-refractivity contribution in [3.8, 4) is 5.75 Å². The van der Waals surface area contributed by atoms with E-state index in [9.17, 15) is 9.59 Å². The molecule has 0 unspecified atom stereocenters. The second-order valence-corrected chi connectivity index (χ2v) is 4.04. The van der Waals surface area contributed by atoms with Crippen LogP contribution in [0.1, 0.15) is 11.1 Å². The van der Waals surface area contributed by atoms with Crippen molar-refractivity contribution in [2.24, 2.45) is 0 Å². The first-order valence-corrected chi connectivity index (χ1v) is 5.81. The lowest BCUT2D eigenvalue weighted by Gasteiger charge is -2.05. The maximum atomic E-state index is 11.1. The number of nitrogens with one attached hydrogen (secondary N) is 1. The molecule has 5 heteroatoms. The fourth-order valence-electron chi connectivity index (χ4n) is 1.88. The summed E-state index contributed by atoms with van der Waals surface area (Å²) >= 11 is 0. The van der Waals surface area contributed by atoms with Gasteiger partial charge in [-0.05, 0) is 23.6 Å². The number of hydrogen-bond acceptors (Lipinski definition) is 4. The van der Waals surface area contributed by atoms with Crippen LogP contribution >= 0.6 is 0 Å². The molecule has 5 nitrogen and oxygen atoms in total. The van der Waals surface area contributed by atoms with E-state index in [0.29, 0.717) is 13.0 Å². The predicted octanol–water partition coefficient (Wildman–Crippen LogP) is 0.453. The van der Waals surface area contributed by atoms with Crippen LogP contribution in [0, 0.1) is 0 Å². The second-order valence-electron chi connectivity index (χ2n) is 4.04. The van der Waals surface area contributed by atoms with Gasteiger partial charge in [0.25, 0.3) is 0 Å². The fraction of sp³-hybridized carbons (Fsp3) is 0.385. The summed E-state index contributed by atoms with van der Waals surface area (Å²) in [6.45, 7) is 1.14. The lowest BCUT2D eigenvalue weighted by atomic mass is 10.1.